The molecule has 0 fully saturated rings. The number of methoxy groups -OCH3 is 1. The van der Waals surface area contributed by atoms with Gasteiger partial charge in [-0.1, -0.05) is 57.9 Å². The monoisotopic (exact) mass is 263 g/mol. The van der Waals surface area contributed by atoms with Crippen LogP contribution in [-0.2, 0) is 11.2 Å². The third-order valence-electron chi connectivity index (χ3n) is 3.55. The Morgan fingerprint density at radius 3 is 2.21 bits per heavy atom. The smallest absolute Gasteiger partial charge is 0.0765 e. The lowest BCUT2D eigenvalue weighted by Crippen LogP contribution is -2.33. The molecular weight excluding hydrogens is 234 g/mol. The largest absolute Gasteiger partial charge is 0.379 e. The highest BCUT2D eigenvalue weighted by molar-refractivity contribution is 5.26. The maximum atomic E-state index is 5.68. The van der Waals surface area contributed by atoms with E-state index in [2.05, 4.69) is 50.4 Å². The van der Waals surface area contributed by atoms with E-state index in [4.69, 9.17) is 4.74 Å². The molecule has 2 unspecified atom stereocenters. The minimum atomic E-state index is 0.252. The van der Waals surface area contributed by atoms with E-state index in [1.807, 2.05) is 7.11 Å². The fourth-order valence-electron chi connectivity index (χ4n) is 2.57. The Morgan fingerprint density at radius 1 is 1.05 bits per heavy atom. The summed E-state index contributed by atoms with van der Waals surface area (Å²) in [6.45, 7) is 7.54. The van der Waals surface area contributed by atoms with Crippen molar-refractivity contribution >= 4 is 0 Å². The van der Waals surface area contributed by atoms with E-state index >= 15 is 0 Å². The van der Waals surface area contributed by atoms with Crippen LogP contribution in [0.15, 0.2) is 24.3 Å². The number of likely N-dealkylation sites (N-methyl/N-ethyl adjacent to an activating group) is 1. The van der Waals surface area contributed by atoms with Crippen molar-refractivity contribution in [3.05, 3.63) is 35.4 Å². The molecule has 0 aliphatic rings. The average molecular weight is 263 g/mol. The lowest BCUT2D eigenvalue weighted by Gasteiger charge is -2.27. The highest BCUT2D eigenvalue weighted by Gasteiger charge is 2.21. The standard InChI is InChI=1S/C17H29NO/c1-5-8-14-10-12-15(13-11-14)17(18-7-3)16(19-4)9-6-2/h10-13,16-18H,5-9H2,1-4H3. The third kappa shape index (κ3) is 4.96. The lowest BCUT2D eigenvalue weighted by molar-refractivity contribution is 0.0611. The summed E-state index contributed by atoms with van der Waals surface area (Å²) in [6, 6.07) is 9.30. The van der Waals surface area contributed by atoms with Crippen LogP contribution in [-0.4, -0.2) is 19.8 Å². The van der Waals surface area contributed by atoms with Crippen LogP contribution in [0.1, 0.15) is 57.2 Å². The van der Waals surface area contributed by atoms with E-state index in [-0.39, 0.29) is 6.10 Å². The van der Waals surface area contributed by atoms with Crippen molar-refractivity contribution in [1.82, 2.24) is 5.32 Å². The molecule has 19 heavy (non-hydrogen) atoms. The van der Waals surface area contributed by atoms with Crippen LogP contribution in [0.3, 0.4) is 0 Å². The van der Waals surface area contributed by atoms with Crippen LogP contribution in [0.4, 0.5) is 0 Å². The van der Waals surface area contributed by atoms with Gasteiger partial charge in [0, 0.05) is 7.11 Å². The van der Waals surface area contributed by atoms with Gasteiger partial charge in [0.05, 0.1) is 12.1 Å². The molecule has 108 valence electrons. The molecule has 0 aromatic heterocycles. The van der Waals surface area contributed by atoms with Gasteiger partial charge >= 0.3 is 0 Å². The average Bonchev–Trinajstić information content (AvgIpc) is 2.44. The summed E-state index contributed by atoms with van der Waals surface area (Å²) in [4.78, 5) is 0. The molecule has 0 aliphatic carbocycles. The van der Waals surface area contributed by atoms with Gasteiger partial charge in [-0.3, -0.25) is 0 Å². The molecule has 2 nitrogen and oxygen atoms in total. The second-order valence-electron chi connectivity index (χ2n) is 5.09. The molecule has 2 atom stereocenters. The predicted molar refractivity (Wildman–Crippen MR) is 82.6 cm³/mol. The minimum absolute atomic E-state index is 0.252. The van der Waals surface area contributed by atoms with Crippen LogP contribution < -0.4 is 5.32 Å². The third-order valence-corrected chi connectivity index (χ3v) is 3.55. The number of rotatable bonds is 9. The fraction of sp³-hybridized carbons (Fsp3) is 0.647. The van der Waals surface area contributed by atoms with Crippen LogP contribution in [0.5, 0.6) is 0 Å². The minimum Gasteiger partial charge on any atom is -0.379 e. The maximum absolute atomic E-state index is 5.68. The van der Waals surface area contributed by atoms with Gasteiger partial charge in [0.1, 0.15) is 0 Å². The predicted octanol–water partition coefficient (Wildman–Crippen LogP) is 4.10. The maximum Gasteiger partial charge on any atom is 0.0765 e. The number of aryl methyl sites for hydroxylation is 1. The summed E-state index contributed by atoms with van der Waals surface area (Å²) in [5.41, 5.74) is 2.76. The van der Waals surface area contributed by atoms with Crippen molar-refractivity contribution in [3.63, 3.8) is 0 Å². The first kappa shape index (κ1) is 16.2. The van der Waals surface area contributed by atoms with Gasteiger partial charge in [-0.05, 0) is 30.5 Å². The Morgan fingerprint density at radius 2 is 1.74 bits per heavy atom. The lowest BCUT2D eigenvalue weighted by atomic mass is 9.96. The topological polar surface area (TPSA) is 21.3 Å². The molecule has 0 saturated carbocycles. The first-order chi connectivity index (χ1) is 9.26. The first-order valence-electron chi connectivity index (χ1n) is 7.61. The van der Waals surface area contributed by atoms with E-state index in [1.165, 1.54) is 17.5 Å². The van der Waals surface area contributed by atoms with Crippen molar-refractivity contribution in [2.45, 2.75) is 58.6 Å². The van der Waals surface area contributed by atoms with Gasteiger partial charge in [-0.2, -0.15) is 0 Å². The van der Waals surface area contributed by atoms with Gasteiger partial charge in [0.15, 0.2) is 0 Å². The summed E-state index contributed by atoms with van der Waals surface area (Å²) in [5, 5.41) is 3.56. The molecule has 0 amide bonds. The Bertz CT molecular complexity index is 334. The molecule has 1 aromatic carbocycles. The SMILES string of the molecule is CCCc1ccc(C(NCC)C(CCC)OC)cc1. The van der Waals surface area contributed by atoms with E-state index in [1.54, 1.807) is 0 Å². The summed E-state index contributed by atoms with van der Waals surface area (Å²) in [7, 11) is 1.82. The molecule has 0 heterocycles. The van der Waals surface area contributed by atoms with Crippen molar-refractivity contribution in [1.29, 1.82) is 0 Å². The summed E-state index contributed by atoms with van der Waals surface area (Å²) in [5.74, 6) is 0. The number of nitrogens with one attached hydrogen (secondary N) is 1. The van der Waals surface area contributed by atoms with Crippen LogP contribution in [0.2, 0.25) is 0 Å². The summed E-state index contributed by atoms with van der Waals surface area (Å²) >= 11 is 0. The normalized spacial score (nSPS) is 14.3. The summed E-state index contributed by atoms with van der Waals surface area (Å²) in [6.07, 6.45) is 4.85. The van der Waals surface area contributed by atoms with Gasteiger partial charge in [0.25, 0.3) is 0 Å². The van der Waals surface area contributed by atoms with Crippen molar-refractivity contribution in [2.75, 3.05) is 13.7 Å². The van der Waals surface area contributed by atoms with Crippen LogP contribution >= 0.6 is 0 Å². The van der Waals surface area contributed by atoms with E-state index in [0.29, 0.717) is 6.04 Å². The Labute approximate surface area is 118 Å². The molecule has 0 bridgehead atoms. The Balaban J connectivity index is 2.84. The zero-order chi connectivity index (χ0) is 14.1. The van der Waals surface area contributed by atoms with Crippen LogP contribution in [0, 0.1) is 0 Å². The van der Waals surface area contributed by atoms with Gasteiger partial charge < -0.3 is 10.1 Å². The molecule has 2 heteroatoms. The Kier molecular flexibility index (Phi) is 7.76. The Hall–Kier alpha value is -0.860. The van der Waals surface area contributed by atoms with Gasteiger partial charge in [0.2, 0.25) is 0 Å². The van der Waals surface area contributed by atoms with Crippen molar-refractivity contribution < 1.29 is 4.74 Å². The van der Waals surface area contributed by atoms with E-state index in [9.17, 15) is 0 Å². The van der Waals surface area contributed by atoms with Crippen molar-refractivity contribution in [2.24, 2.45) is 0 Å². The second-order valence-corrected chi connectivity index (χ2v) is 5.09. The zero-order valence-electron chi connectivity index (χ0n) is 12.9. The number of ether oxygens (including phenoxy) is 1. The molecule has 0 aliphatic heterocycles. The number of benzene rings is 1. The molecule has 1 N–H and O–H groups in total. The quantitative estimate of drug-likeness (QED) is 0.724. The zero-order valence-corrected chi connectivity index (χ0v) is 12.9. The highest BCUT2D eigenvalue weighted by atomic mass is 16.5. The summed E-state index contributed by atoms with van der Waals surface area (Å²) < 4.78 is 5.68. The van der Waals surface area contributed by atoms with Crippen LogP contribution in [0.25, 0.3) is 0 Å². The van der Waals surface area contributed by atoms with Gasteiger partial charge in [-0.15, -0.1) is 0 Å². The number of hydrogen-bond donors (Lipinski definition) is 1. The fourth-order valence-corrected chi connectivity index (χ4v) is 2.57. The van der Waals surface area contributed by atoms with E-state index in [0.717, 1.165) is 25.8 Å². The first-order valence-corrected chi connectivity index (χ1v) is 7.61. The molecule has 0 saturated heterocycles. The van der Waals surface area contributed by atoms with E-state index < -0.39 is 0 Å². The molecule has 0 radical (unpaired) electrons. The van der Waals surface area contributed by atoms with Crippen molar-refractivity contribution in [3.8, 4) is 0 Å². The molecular formula is C17H29NO. The highest BCUT2D eigenvalue weighted by Crippen LogP contribution is 2.23. The molecule has 0 spiro atoms. The molecule has 1 aromatic rings. The second kappa shape index (κ2) is 9.11. The molecule has 1 rings (SSSR count). The number of hydrogen-bond acceptors (Lipinski definition) is 2. The van der Waals surface area contributed by atoms with Gasteiger partial charge in [-0.25, -0.2) is 0 Å².